The summed E-state index contributed by atoms with van der Waals surface area (Å²) in [5, 5.41) is 23.8. The Morgan fingerprint density at radius 2 is 1.45 bits per heavy atom. The van der Waals surface area contributed by atoms with E-state index in [2.05, 4.69) is 23.5 Å². The summed E-state index contributed by atoms with van der Waals surface area (Å²) in [5.74, 6) is 0. The fourth-order valence-corrected chi connectivity index (χ4v) is 2.23. The zero-order valence-electron chi connectivity index (χ0n) is 10.8. The first-order chi connectivity index (χ1) is 9.74. The number of hydrogen-bond acceptors (Lipinski definition) is 3. The van der Waals surface area contributed by atoms with Crippen LogP contribution >= 0.6 is 0 Å². The molecule has 3 rings (SSSR count). The van der Waals surface area contributed by atoms with Gasteiger partial charge in [-0.15, -0.1) is 0 Å². The minimum atomic E-state index is -1.43. The second-order valence-electron chi connectivity index (χ2n) is 4.65. The molecular weight excluding hydrogens is 250 g/mol. The number of aliphatic hydroxyl groups excluding tert-OH is 1. The molecule has 0 heterocycles. The molecule has 0 atom stereocenters. The summed E-state index contributed by atoms with van der Waals surface area (Å²) < 4.78 is 0. The van der Waals surface area contributed by atoms with E-state index in [0.717, 1.165) is 16.8 Å². The van der Waals surface area contributed by atoms with Gasteiger partial charge in [-0.05, 0) is 23.6 Å². The van der Waals surface area contributed by atoms with Crippen molar-refractivity contribution in [1.82, 2.24) is 0 Å². The molecule has 3 nitrogen and oxygen atoms in total. The van der Waals surface area contributed by atoms with Crippen molar-refractivity contribution in [3.8, 4) is 0 Å². The zero-order valence-corrected chi connectivity index (χ0v) is 10.8. The lowest BCUT2D eigenvalue weighted by molar-refractivity contribution is -0.0424. The molecule has 0 amide bonds. The number of fused-ring (bicyclic) bond motifs is 1. The van der Waals surface area contributed by atoms with Crippen LogP contribution in [0.1, 0.15) is 11.9 Å². The van der Waals surface area contributed by atoms with Crippen LogP contribution in [0, 0.1) is 0 Å². The molecule has 3 aromatic rings. The fourth-order valence-electron chi connectivity index (χ4n) is 2.23. The summed E-state index contributed by atoms with van der Waals surface area (Å²) in [6, 6.07) is 21.3. The lowest BCUT2D eigenvalue weighted by atomic mass is 10.1. The van der Waals surface area contributed by atoms with Gasteiger partial charge in [-0.3, -0.25) is 0 Å². The van der Waals surface area contributed by atoms with Gasteiger partial charge in [-0.2, -0.15) is 0 Å². The van der Waals surface area contributed by atoms with Crippen molar-refractivity contribution in [3.05, 3.63) is 72.3 Å². The molecule has 0 aromatic heterocycles. The van der Waals surface area contributed by atoms with Crippen molar-refractivity contribution in [2.24, 2.45) is 0 Å². The van der Waals surface area contributed by atoms with E-state index >= 15 is 0 Å². The Kier molecular flexibility index (Phi) is 3.37. The highest BCUT2D eigenvalue weighted by Crippen LogP contribution is 2.26. The normalized spacial score (nSPS) is 10.9. The predicted octanol–water partition coefficient (Wildman–Crippen LogP) is 3.57. The molecule has 3 N–H and O–H groups in total. The second kappa shape index (κ2) is 5.33. The fraction of sp³-hybridized carbons (Fsp3) is 0.0588. The van der Waals surface area contributed by atoms with Gasteiger partial charge in [-0.25, -0.2) is 0 Å². The maximum Gasteiger partial charge on any atom is 0.178 e. The SMILES string of the molecule is OC(O)c1ccc(Nc2cccc3ccccc23)cc1. The molecule has 0 saturated carbocycles. The van der Waals surface area contributed by atoms with Crippen molar-refractivity contribution in [2.75, 3.05) is 5.32 Å². The van der Waals surface area contributed by atoms with Crippen LogP contribution in [0.15, 0.2) is 66.7 Å². The van der Waals surface area contributed by atoms with Crippen molar-refractivity contribution in [1.29, 1.82) is 0 Å². The molecule has 0 aliphatic rings. The lowest BCUT2D eigenvalue weighted by Gasteiger charge is -2.11. The molecule has 0 spiro atoms. The van der Waals surface area contributed by atoms with Crippen molar-refractivity contribution in [2.45, 2.75) is 6.29 Å². The molecule has 3 heteroatoms. The topological polar surface area (TPSA) is 52.5 Å². The quantitative estimate of drug-likeness (QED) is 0.635. The van der Waals surface area contributed by atoms with E-state index in [1.807, 2.05) is 36.4 Å². The molecule has 100 valence electrons. The molecule has 0 aliphatic carbocycles. The van der Waals surface area contributed by atoms with Gasteiger partial charge in [-0.1, -0.05) is 48.5 Å². The lowest BCUT2D eigenvalue weighted by Crippen LogP contribution is -1.96. The molecule has 0 aliphatic heterocycles. The molecule has 20 heavy (non-hydrogen) atoms. The molecule has 0 fully saturated rings. The van der Waals surface area contributed by atoms with Crippen molar-refractivity contribution < 1.29 is 10.2 Å². The number of anilines is 2. The third kappa shape index (κ3) is 2.50. The molecule has 3 aromatic carbocycles. The smallest absolute Gasteiger partial charge is 0.178 e. The molecule has 0 saturated heterocycles. The van der Waals surface area contributed by atoms with Crippen LogP contribution in [-0.2, 0) is 0 Å². The Hall–Kier alpha value is -2.36. The van der Waals surface area contributed by atoms with Crippen LogP contribution in [0.25, 0.3) is 10.8 Å². The summed E-state index contributed by atoms with van der Waals surface area (Å²) in [6.07, 6.45) is -1.43. The third-order valence-corrected chi connectivity index (χ3v) is 3.28. The van der Waals surface area contributed by atoms with E-state index in [1.54, 1.807) is 12.1 Å². The van der Waals surface area contributed by atoms with Crippen LogP contribution in [0.3, 0.4) is 0 Å². The minimum Gasteiger partial charge on any atom is -0.364 e. The third-order valence-electron chi connectivity index (χ3n) is 3.28. The van der Waals surface area contributed by atoms with E-state index in [4.69, 9.17) is 10.2 Å². The van der Waals surface area contributed by atoms with Crippen LogP contribution in [0.5, 0.6) is 0 Å². The Balaban J connectivity index is 1.93. The average molecular weight is 265 g/mol. The highest BCUT2D eigenvalue weighted by molar-refractivity contribution is 5.95. The van der Waals surface area contributed by atoms with Gasteiger partial charge in [0.25, 0.3) is 0 Å². The first-order valence-electron chi connectivity index (χ1n) is 6.45. The van der Waals surface area contributed by atoms with E-state index in [-0.39, 0.29) is 0 Å². The summed E-state index contributed by atoms with van der Waals surface area (Å²) in [5.41, 5.74) is 2.42. The first-order valence-corrected chi connectivity index (χ1v) is 6.45. The van der Waals surface area contributed by atoms with Gasteiger partial charge in [0.1, 0.15) is 0 Å². The summed E-state index contributed by atoms with van der Waals surface area (Å²) in [4.78, 5) is 0. The summed E-state index contributed by atoms with van der Waals surface area (Å²) in [7, 11) is 0. The molecule has 0 bridgehead atoms. The largest absolute Gasteiger partial charge is 0.364 e. The first kappa shape index (κ1) is 12.7. The van der Waals surface area contributed by atoms with Crippen LogP contribution in [-0.4, -0.2) is 10.2 Å². The Labute approximate surface area is 117 Å². The number of aliphatic hydroxyl groups is 2. The summed E-state index contributed by atoms with van der Waals surface area (Å²) >= 11 is 0. The second-order valence-corrected chi connectivity index (χ2v) is 4.65. The summed E-state index contributed by atoms with van der Waals surface area (Å²) in [6.45, 7) is 0. The maximum absolute atomic E-state index is 9.08. The number of hydrogen-bond donors (Lipinski definition) is 3. The standard InChI is InChI=1S/C17H15NO2/c19-17(20)13-8-10-14(11-9-13)18-16-7-3-5-12-4-1-2-6-15(12)16/h1-11,17-20H. The predicted molar refractivity (Wildman–Crippen MR) is 80.9 cm³/mol. The molecule has 0 unspecified atom stereocenters. The average Bonchev–Trinajstić information content (AvgIpc) is 2.48. The molecular formula is C17H15NO2. The molecule has 0 radical (unpaired) electrons. The van der Waals surface area contributed by atoms with Crippen molar-refractivity contribution in [3.63, 3.8) is 0 Å². The van der Waals surface area contributed by atoms with Crippen molar-refractivity contribution >= 4 is 22.1 Å². The van der Waals surface area contributed by atoms with E-state index in [1.165, 1.54) is 5.39 Å². The van der Waals surface area contributed by atoms with Gasteiger partial charge in [0.2, 0.25) is 0 Å². The number of rotatable bonds is 3. The maximum atomic E-state index is 9.08. The van der Waals surface area contributed by atoms with E-state index < -0.39 is 6.29 Å². The van der Waals surface area contributed by atoms with E-state index in [0.29, 0.717) is 5.56 Å². The highest BCUT2D eigenvalue weighted by Gasteiger charge is 2.03. The zero-order chi connectivity index (χ0) is 13.9. The number of nitrogens with one attached hydrogen (secondary N) is 1. The van der Waals surface area contributed by atoms with Crippen LogP contribution in [0.2, 0.25) is 0 Å². The number of benzene rings is 3. The Morgan fingerprint density at radius 3 is 2.20 bits per heavy atom. The Bertz CT molecular complexity index is 715. The minimum absolute atomic E-state index is 0.480. The Morgan fingerprint density at radius 1 is 0.750 bits per heavy atom. The van der Waals surface area contributed by atoms with Gasteiger partial charge >= 0.3 is 0 Å². The van der Waals surface area contributed by atoms with Crippen LogP contribution in [0.4, 0.5) is 11.4 Å². The van der Waals surface area contributed by atoms with Gasteiger partial charge in [0.15, 0.2) is 6.29 Å². The van der Waals surface area contributed by atoms with Gasteiger partial charge in [0.05, 0.1) is 0 Å². The monoisotopic (exact) mass is 265 g/mol. The van der Waals surface area contributed by atoms with Gasteiger partial charge in [0, 0.05) is 22.3 Å². The van der Waals surface area contributed by atoms with Gasteiger partial charge < -0.3 is 15.5 Å². The van der Waals surface area contributed by atoms with E-state index in [9.17, 15) is 0 Å². The highest BCUT2D eigenvalue weighted by atomic mass is 16.5. The van der Waals surface area contributed by atoms with Crippen LogP contribution < -0.4 is 5.32 Å².